The smallest absolute Gasteiger partial charge is 0.215 e. The first-order chi connectivity index (χ1) is 6.04. The van der Waals surface area contributed by atoms with E-state index in [4.69, 9.17) is 0 Å². The van der Waals surface area contributed by atoms with Gasteiger partial charge >= 0.3 is 12.4 Å². The van der Waals surface area contributed by atoms with Gasteiger partial charge in [-0.2, -0.15) is 26.3 Å². The minimum absolute atomic E-state index is 0.146. The van der Waals surface area contributed by atoms with Gasteiger partial charge < -0.3 is 0 Å². The van der Waals surface area contributed by atoms with E-state index in [9.17, 15) is 26.3 Å². The van der Waals surface area contributed by atoms with Crippen molar-refractivity contribution in [2.24, 2.45) is 0 Å². The van der Waals surface area contributed by atoms with Crippen molar-refractivity contribution in [3.63, 3.8) is 0 Å². The molecule has 1 aliphatic heterocycles. The molecule has 0 saturated carbocycles. The third-order valence-corrected chi connectivity index (χ3v) is 1.93. The molecule has 0 aromatic heterocycles. The topological polar surface area (TPSA) is 25.0 Å². The normalized spacial score (nSPS) is 26.8. The van der Waals surface area contributed by atoms with E-state index in [0.29, 0.717) is 0 Å². The number of hydrogen-bond donors (Lipinski definition) is 1. The molecule has 0 amide bonds. The lowest BCUT2D eigenvalue weighted by Gasteiger charge is -2.22. The number of nitrogens with one attached hydrogen (secondary N) is 1. The Balaban J connectivity index is 3.00. The molecule has 1 atom stereocenters. The quantitative estimate of drug-likeness (QED) is 0.542. The van der Waals surface area contributed by atoms with Crippen LogP contribution in [0, 0.1) is 0 Å². The van der Waals surface area contributed by atoms with Gasteiger partial charge in [-0.05, 0) is 13.8 Å². The molecule has 1 saturated heterocycles. The van der Waals surface area contributed by atoms with Gasteiger partial charge in [-0.1, -0.05) is 0 Å². The van der Waals surface area contributed by atoms with Crippen LogP contribution >= 0.6 is 0 Å². The minimum atomic E-state index is -5.37. The van der Waals surface area contributed by atoms with E-state index in [0.717, 1.165) is 0 Å². The first-order valence-corrected chi connectivity index (χ1v) is 3.74. The summed E-state index contributed by atoms with van der Waals surface area (Å²) in [6, 6.07) is -0.877. The molecule has 1 rings (SSSR count). The van der Waals surface area contributed by atoms with Crippen LogP contribution in [0.1, 0.15) is 13.8 Å². The van der Waals surface area contributed by atoms with E-state index >= 15 is 0 Å². The highest BCUT2D eigenvalue weighted by Gasteiger charge is 2.84. The van der Waals surface area contributed by atoms with Crippen molar-refractivity contribution in [1.82, 2.24) is 10.4 Å². The van der Waals surface area contributed by atoms with Crippen LogP contribution in [0.4, 0.5) is 26.3 Å². The Morgan fingerprint density at radius 2 is 1.36 bits per heavy atom. The summed E-state index contributed by atoms with van der Waals surface area (Å²) >= 11 is 0. The monoisotopic (exact) mass is 222 g/mol. The molecule has 0 aromatic carbocycles. The van der Waals surface area contributed by atoms with Gasteiger partial charge in [0.25, 0.3) is 5.66 Å². The molecule has 0 aliphatic carbocycles. The second-order valence-electron chi connectivity index (χ2n) is 3.28. The zero-order chi connectivity index (χ0) is 11.4. The number of rotatable bonds is 1. The Bertz CT molecular complexity index is 215. The molecule has 0 bridgehead atoms. The molecule has 1 unspecified atom stereocenters. The summed E-state index contributed by atoms with van der Waals surface area (Å²) in [6.07, 6.45) is -10.7. The van der Waals surface area contributed by atoms with Gasteiger partial charge in [-0.15, -0.1) is 0 Å². The summed E-state index contributed by atoms with van der Waals surface area (Å²) < 4.78 is 73.1. The highest BCUT2D eigenvalue weighted by atomic mass is 19.4. The van der Waals surface area contributed by atoms with Crippen LogP contribution in [0.5, 0.6) is 0 Å². The van der Waals surface area contributed by atoms with Crippen LogP contribution in [0.15, 0.2) is 0 Å². The zero-order valence-corrected chi connectivity index (χ0v) is 7.29. The summed E-state index contributed by atoms with van der Waals surface area (Å²) in [5.74, 6) is 0. The van der Waals surface area contributed by atoms with Gasteiger partial charge in [0.15, 0.2) is 0 Å². The Morgan fingerprint density at radius 3 is 1.43 bits per heavy atom. The van der Waals surface area contributed by atoms with E-state index in [1.807, 2.05) is 0 Å². The minimum Gasteiger partial charge on any atom is -0.215 e. The molecule has 1 heterocycles. The highest BCUT2D eigenvalue weighted by molar-refractivity contribution is 5.10. The molecule has 8 heteroatoms. The highest BCUT2D eigenvalue weighted by Crippen LogP contribution is 2.52. The summed E-state index contributed by atoms with van der Waals surface area (Å²) in [6.45, 7) is 2.48. The van der Waals surface area contributed by atoms with E-state index < -0.39 is 24.1 Å². The van der Waals surface area contributed by atoms with Crippen molar-refractivity contribution in [3.05, 3.63) is 0 Å². The molecule has 0 aromatic rings. The molecule has 0 spiro atoms. The fourth-order valence-electron chi connectivity index (χ4n) is 1.23. The lowest BCUT2D eigenvalue weighted by Crippen LogP contribution is -2.51. The van der Waals surface area contributed by atoms with Gasteiger partial charge in [-0.25, -0.2) is 10.4 Å². The van der Waals surface area contributed by atoms with Gasteiger partial charge in [-0.3, -0.25) is 0 Å². The van der Waals surface area contributed by atoms with Gasteiger partial charge in [0.2, 0.25) is 0 Å². The van der Waals surface area contributed by atoms with Gasteiger partial charge in [0.05, 0.1) is 0 Å². The van der Waals surface area contributed by atoms with E-state index in [1.54, 1.807) is 0 Å². The molecule has 2 nitrogen and oxygen atoms in total. The SMILES string of the molecule is CC(C)N1NC1(C(F)(F)F)C(F)(F)F. The lowest BCUT2D eigenvalue weighted by atomic mass is 10.2. The fraction of sp³-hybridized carbons (Fsp3) is 1.00. The molecule has 0 radical (unpaired) electrons. The number of hydrazine groups is 1. The average molecular weight is 222 g/mol. The summed E-state index contributed by atoms with van der Waals surface area (Å²) in [5, 5.41) is 0.146. The average Bonchev–Trinajstić information content (AvgIpc) is 2.54. The van der Waals surface area contributed by atoms with Crippen molar-refractivity contribution in [3.8, 4) is 0 Å². The maximum absolute atomic E-state index is 12.2. The van der Waals surface area contributed by atoms with Crippen LogP contribution in [0.3, 0.4) is 0 Å². The molecule has 1 aliphatic rings. The maximum atomic E-state index is 12.2. The van der Waals surface area contributed by atoms with Crippen molar-refractivity contribution < 1.29 is 26.3 Å². The molecule has 84 valence electrons. The number of halogens is 6. The van der Waals surface area contributed by atoms with E-state index in [2.05, 4.69) is 0 Å². The van der Waals surface area contributed by atoms with Crippen molar-refractivity contribution in [2.75, 3.05) is 0 Å². The van der Waals surface area contributed by atoms with Crippen LogP contribution in [0.25, 0.3) is 0 Å². The Labute approximate surface area is 75.8 Å². The third kappa shape index (κ3) is 1.36. The third-order valence-electron chi connectivity index (χ3n) is 1.93. The summed E-state index contributed by atoms with van der Waals surface area (Å²) in [5.41, 5.74) is -2.51. The first-order valence-electron chi connectivity index (χ1n) is 3.74. The van der Waals surface area contributed by atoms with E-state index in [-0.39, 0.29) is 5.01 Å². The van der Waals surface area contributed by atoms with Crippen molar-refractivity contribution in [1.29, 1.82) is 0 Å². The predicted octanol–water partition coefficient (Wildman–Crippen LogP) is 2.04. The Hall–Kier alpha value is -0.500. The number of alkyl halides is 6. The second kappa shape index (κ2) is 2.75. The van der Waals surface area contributed by atoms with Crippen LogP contribution < -0.4 is 5.43 Å². The fourth-order valence-corrected chi connectivity index (χ4v) is 1.23. The summed E-state index contributed by atoms with van der Waals surface area (Å²) in [7, 11) is 0. The molecule has 1 N–H and O–H groups in total. The van der Waals surface area contributed by atoms with Crippen LogP contribution in [0.2, 0.25) is 0 Å². The largest absolute Gasteiger partial charge is 0.431 e. The summed E-state index contributed by atoms with van der Waals surface area (Å²) in [4.78, 5) is 0. The molecular weight excluding hydrogens is 214 g/mol. The zero-order valence-electron chi connectivity index (χ0n) is 7.29. The van der Waals surface area contributed by atoms with Crippen molar-refractivity contribution >= 4 is 0 Å². The standard InChI is InChI=1S/C6H8F6N2/c1-3(2)14-4(13-14,5(7,8)9)6(10,11)12/h3,13H,1-2H3. The van der Waals surface area contributed by atoms with Crippen molar-refractivity contribution in [2.45, 2.75) is 37.9 Å². The van der Waals surface area contributed by atoms with Crippen LogP contribution in [-0.4, -0.2) is 29.1 Å². The Kier molecular flexibility index (Phi) is 2.28. The lowest BCUT2D eigenvalue weighted by molar-refractivity contribution is -0.281. The van der Waals surface area contributed by atoms with Gasteiger partial charge in [0.1, 0.15) is 0 Å². The van der Waals surface area contributed by atoms with Crippen LogP contribution in [-0.2, 0) is 0 Å². The van der Waals surface area contributed by atoms with E-state index in [1.165, 1.54) is 19.3 Å². The molecular formula is C6H8F6N2. The molecule has 1 fully saturated rings. The maximum Gasteiger partial charge on any atom is 0.431 e. The van der Waals surface area contributed by atoms with Gasteiger partial charge in [0, 0.05) is 6.04 Å². The molecule has 14 heavy (non-hydrogen) atoms. The number of nitrogens with zero attached hydrogens (tertiary/aromatic N) is 1. The second-order valence-corrected chi connectivity index (χ2v) is 3.28. The Morgan fingerprint density at radius 1 is 1.00 bits per heavy atom. The first kappa shape index (κ1) is 11.6. The predicted molar refractivity (Wildman–Crippen MR) is 35.0 cm³/mol. The number of hydrogen-bond acceptors (Lipinski definition) is 2.